The van der Waals surface area contributed by atoms with E-state index in [1.807, 2.05) is 19.1 Å². The van der Waals surface area contributed by atoms with Gasteiger partial charge in [-0.3, -0.25) is 14.4 Å². The summed E-state index contributed by atoms with van der Waals surface area (Å²) in [5.74, 6) is -2.16. The van der Waals surface area contributed by atoms with Gasteiger partial charge >= 0.3 is 11.9 Å². The summed E-state index contributed by atoms with van der Waals surface area (Å²) >= 11 is 3.53. The van der Waals surface area contributed by atoms with Gasteiger partial charge in [-0.2, -0.15) is 0 Å². The van der Waals surface area contributed by atoms with E-state index in [1.54, 1.807) is 18.7 Å². The quantitative estimate of drug-likeness (QED) is 0.539. The number of aromatic nitrogens is 1. The van der Waals surface area contributed by atoms with E-state index in [0.29, 0.717) is 19.4 Å². The summed E-state index contributed by atoms with van der Waals surface area (Å²) in [5, 5.41) is 1.13. The maximum atomic E-state index is 13.7. The number of rotatable bonds is 4. The SMILES string of the molecule is CCOC(=O)C1(C(=O)OCC)CC[C@]2(C)c3[nH]c4ccc(Br)cc4c3CCN2C1=O. The number of aromatic amines is 1. The van der Waals surface area contributed by atoms with Crippen molar-refractivity contribution in [2.45, 2.75) is 45.6 Å². The van der Waals surface area contributed by atoms with Gasteiger partial charge in [0.15, 0.2) is 0 Å². The molecule has 0 radical (unpaired) electrons. The van der Waals surface area contributed by atoms with Gasteiger partial charge in [0.2, 0.25) is 5.41 Å². The maximum Gasteiger partial charge on any atom is 0.333 e. The highest BCUT2D eigenvalue weighted by Gasteiger charge is 2.64. The Kier molecular flexibility index (Phi) is 5.16. The van der Waals surface area contributed by atoms with Crippen LogP contribution in [0.5, 0.6) is 0 Å². The molecule has 30 heavy (non-hydrogen) atoms. The number of hydrogen-bond acceptors (Lipinski definition) is 5. The lowest BCUT2D eigenvalue weighted by atomic mass is 9.69. The Morgan fingerprint density at radius 1 is 1.17 bits per heavy atom. The van der Waals surface area contributed by atoms with Crippen LogP contribution in [0.3, 0.4) is 0 Å². The van der Waals surface area contributed by atoms with E-state index in [-0.39, 0.29) is 19.6 Å². The average molecular weight is 477 g/mol. The van der Waals surface area contributed by atoms with Crippen molar-refractivity contribution in [1.82, 2.24) is 9.88 Å². The van der Waals surface area contributed by atoms with Gasteiger partial charge in [0.05, 0.1) is 18.8 Å². The Labute approximate surface area is 183 Å². The molecule has 1 N–H and O–H groups in total. The zero-order valence-corrected chi connectivity index (χ0v) is 18.9. The Morgan fingerprint density at radius 2 is 1.83 bits per heavy atom. The van der Waals surface area contributed by atoms with Crippen molar-refractivity contribution in [3.05, 3.63) is 33.9 Å². The van der Waals surface area contributed by atoms with Crippen molar-refractivity contribution >= 4 is 44.7 Å². The number of benzene rings is 1. The highest BCUT2D eigenvalue weighted by molar-refractivity contribution is 9.10. The predicted octanol–water partition coefficient (Wildman–Crippen LogP) is 3.44. The monoisotopic (exact) mass is 476 g/mol. The second kappa shape index (κ2) is 7.41. The van der Waals surface area contributed by atoms with Crippen LogP contribution in [-0.4, -0.2) is 47.5 Å². The molecule has 1 fully saturated rings. The fraction of sp³-hybridized carbons (Fsp3) is 0.500. The van der Waals surface area contributed by atoms with Crippen LogP contribution in [0.1, 0.15) is 44.9 Å². The molecule has 1 aromatic heterocycles. The second-order valence-electron chi connectivity index (χ2n) is 8.00. The highest BCUT2D eigenvalue weighted by atomic mass is 79.9. The Balaban J connectivity index is 1.80. The number of nitrogens with zero attached hydrogens (tertiary/aromatic N) is 1. The summed E-state index contributed by atoms with van der Waals surface area (Å²) in [6.45, 7) is 5.90. The number of halogens is 1. The molecule has 2 aromatic rings. The normalized spacial score (nSPS) is 22.4. The minimum Gasteiger partial charge on any atom is -0.465 e. The molecule has 0 saturated carbocycles. The minimum atomic E-state index is -1.93. The molecule has 1 amide bonds. The van der Waals surface area contributed by atoms with Crippen LogP contribution < -0.4 is 0 Å². The van der Waals surface area contributed by atoms with E-state index in [1.165, 1.54) is 5.56 Å². The first-order chi connectivity index (χ1) is 14.3. The van der Waals surface area contributed by atoms with Crippen molar-refractivity contribution in [3.63, 3.8) is 0 Å². The van der Waals surface area contributed by atoms with E-state index in [0.717, 1.165) is 21.1 Å². The molecular weight excluding hydrogens is 452 g/mol. The maximum absolute atomic E-state index is 13.7. The third-order valence-corrected chi connectivity index (χ3v) is 6.93. The van der Waals surface area contributed by atoms with Crippen molar-refractivity contribution in [1.29, 1.82) is 0 Å². The molecule has 2 aliphatic rings. The number of ether oxygens (including phenoxy) is 2. The van der Waals surface area contributed by atoms with Gasteiger partial charge in [0.25, 0.3) is 5.91 Å². The molecule has 0 bridgehead atoms. The second-order valence-corrected chi connectivity index (χ2v) is 8.91. The van der Waals surface area contributed by atoms with Crippen LogP contribution in [0, 0.1) is 5.41 Å². The van der Waals surface area contributed by atoms with Crippen LogP contribution in [0.15, 0.2) is 22.7 Å². The Hall–Kier alpha value is -2.35. The molecule has 160 valence electrons. The number of esters is 2. The van der Waals surface area contributed by atoms with E-state index >= 15 is 0 Å². The van der Waals surface area contributed by atoms with Crippen LogP contribution in [0.2, 0.25) is 0 Å². The zero-order valence-electron chi connectivity index (χ0n) is 17.3. The van der Waals surface area contributed by atoms with Gasteiger partial charge in [-0.25, -0.2) is 0 Å². The number of H-pyrrole nitrogens is 1. The average Bonchev–Trinajstić information content (AvgIpc) is 3.08. The van der Waals surface area contributed by atoms with Crippen molar-refractivity contribution in [2.24, 2.45) is 5.41 Å². The minimum absolute atomic E-state index is 0.0506. The molecule has 2 aliphatic heterocycles. The fourth-order valence-corrected chi connectivity index (χ4v) is 5.23. The molecule has 4 rings (SSSR count). The first-order valence-corrected chi connectivity index (χ1v) is 11.1. The Morgan fingerprint density at radius 3 is 2.47 bits per heavy atom. The van der Waals surface area contributed by atoms with Crippen molar-refractivity contribution in [2.75, 3.05) is 19.8 Å². The van der Waals surface area contributed by atoms with Crippen LogP contribution >= 0.6 is 15.9 Å². The predicted molar refractivity (Wildman–Crippen MR) is 114 cm³/mol. The molecule has 1 saturated heterocycles. The number of hydrogen-bond donors (Lipinski definition) is 1. The van der Waals surface area contributed by atoms with Crippen LogP contribution in [0.4, 0.5) is 0 Å². The molecule has 1 aromatic carbocycles. The highest BCUT2D eigenvalue weighted by Crippen LogP contribution is 2.50. The lowest BCUT2D eigenvalue weighted by Crippen LogP contribution is -2.65. The zero-order chi connectivity index (χ0) is 21.7. The van der Waals surface area contributed by atoms with Crippen LogP contribution in [0.25, 0.3) is 10.9 Å². The standard InChI is InChI=1S/C22H25BrN2O5/c1-4-29-19(27)22(20(28)30-5-2)10-9-21(3)17-14(8-11-25(21)18(22)26)15-12-13(23)6-7-16(15)24-17/h6-7,12,24H,4-5,8-11H2,1-3H3/t21-/m1/s1. The molecule has 0 unspecified atom stereocenters. The van der Waals surface area contributed by atoms with Gasteiger partial charge in [-0.05, 0) is 63.8 Å². The third-order valence-electron chi connectivity index (χ3n) is 6.43. The topological polar surface area (TPSA) is 88.7 Å². The summed E-state index contributed by atoms with van der Waals surface area (Å²) in [7, 11) is 0. The third kappa shape index (κ3) is 2.80. The number of piperidine rings is 1. The van der Waals surface area contributed by atoms with E-state index in [9.17, 15) is 14.4 Å². The first kappa shape index (κ1) is 20.9. The van der Waals surface area contributed by atoms with Crippen molar-refractivity contribution < 1.29 is 23.9 Å². The summed E-state index contributed by atoms with van der Waals surface area (Å²) in [6.07, 6.45) is 1.13. The smallest absolute Gasteiger partial charge is 0.333 e. The number of carbonyl (C=O) groups is 3. The fourth-order valence-electron chi connectivity index (χ4n) is 4.87. The largest absolute Gasteiger partial charge is 0.465 e. The molecule has 7 nitrogen and oxygen atoms in total. The summed E-state index contributed by atoms with van der Waals surface area (Å²) in [6, 6.07) is 6.07. The van der Waals surface area contributed by atoms with Gasteiger partial charge in [-0.15, -0.1) is 0 Å². The van der Waals surface area contributed by atoms with Crippen LogP contribution in [-0.2, 0) is 35.8 Å². The molecule has 0 spiro atoms. The molecule has 1 atom stereocenters. The Bertz CT molecular complexity index is 1030. The molecule has 3 heterocycles. The number of carbonyl (C=O) groups excluding carboxylic acids is 3. The number of nitrogens with one attached hydrogen (secondary N) is 1. The lowest BCUT2D eigenvalue weighted by molar-refractivity contribution is -0.187. The van der Waals surface area contributed by atoms with E-state index in [2.05, 4.69) is 27.0 Å². The summed E-state index contributed by atoms with van der Waals surface area (Å²) in [5.41, 5.74) is 0.581. The molecule has 8 heteroatoms. The van der Waals surface area contributed by atoms with Gasteiger partial charge in [-0.1, -0.05) is 15.9 Å². The van der Waals surface area contributed by atoms with Crippen molar-refractivity contribution in [3.8, 4) is 0 Å². The number of fused-ring (bicyclic) bond motifs is 5. The summed E-state index contributed by atoms with van der Waals surface area (Å²) < 4.78 is 11.3. The summed E-state index contributed by atoms with van der Waals surface area (Å²) in [4.78, 5) is 44.6. The first-order valence-electron chi connectivity index (χ1n) is 10.3. The lowest BCUT2D eigenvalue weighted by Gasteiger charge is -2.51. The van der Waals surface area contributed by atoms with E-state index in [4.69, 9.17) is 9.47 Å². The van der Waals surface area contributed by atoms with Gasteiger partial charge < -0.3 is 19.4 Å². The molecule has 0 aliphatic carbocycles. The number of amides is 1. The van der Waals surface area contributed by atoms with Gasteiger partial charge in [0.1, 0.15) is 0 Å². The van der Waals surface area contributed by atoms with Gasteiger partial charge in [0, 0.05) is 27.6 Å². The van der Waals surface area contributed by atoms with E-state index < -0.39 is 28.8 Å². The molecular formula is C22H25BrN2O5.